The van der Waals surface area contributed by atoms with Gasteiger partial charge in [0, 0.05) is 7.05 Å². The van der Waals surface area contributed by atoms with E-state index < -0.39 is 5.97 Å². The summed E-state index contributed by atoms with van der Waals surface area (Å²) < 4.78 is 14.0. The van der Waals surface area contributed by atoms with E-state index in [1.165, 1.54) is 4.57 Å². The maximum absolute atomic E-state index is 12.6. The molecule has 0 aliphatic heterocycles. The highest BCUT2D eigenvalue weighted by Crippen LogP contribution is 2.17. The van der Waals surface area contributed by atoms with Gasteiger partial charge in [-0.15, -0.1) is 10.2 Å². The van der Waals surface area contributed by atoms with E-state index in [0.717, 1.165) is 11.1 Å². The predicted octanol–water partition coefficient (Wildman–Crippen LogP) is 2.32. The van der Waals surface area contributed by atoms with Gasteiger partial charge in [0.15, 0.2) is 19.0 Å². The number of hydrogen-bond acceptors (Lipinski definition) is 6. The summed E-state index contributed by atoms with van der Waals surface area (Å²) in [5.41, 5.74) is 2.43. The number of fused-ring (bicyclic) bond motifs is 3. The van der Waals surface area contributed by atoms with Crippen molar-refractivity contribution in [1.29, 1.82) is 0 Å². The first-order chi connectivity index (χ1) is 14.0. The molecule has 0 radical (unpaired) electrons. The molecule has 0 saturated carbocycles. The van der Waals surface area contributed by atoms with E-state index in [-0.39, 0.29) is 18.8 Å². The van der Waals surface area contributed by atoms with Gasteiger partial charge in [-0.3, -0.25) is 13.8 Å². The summed E-state index contributed by atoms with van der Waals surface area (Å²) in [7, 11) is 1.64. The molecule has 0 aliphatic carbocycles. The Labute approximate surface area is 166 Å². The maximum atomic E-state index is 12.6. The minimum atomic E-state index is -0.519. The second kappa shape index (κ2) is 7.38. The number of rotatable bonds is 5. The summed E-state index contributed by atoms with van der Waals surface area (Å²) in [5.74, 6) is 0.922. The lowest BCUT2D eigenvalue weighted by Gasteiger charge is -2.10. The first-order valence-electron chi connectivity index (χ1n) is 9.13. The van der Waals surface area contributed by atoms with E-state index in [4.69, 9.17) is 9.47 Å². The Morgan fingerprint density at radius 1 is 1.10 bits per heavy atom. The van der Waals surface area contributed by atoms with Gasteiger partial charge < -0.3 is 9.47 Å². The third-order valence-electron chi connectivity index (χ3n) is 4.74. The zero-order valence-corrected chi connectivity index (χ0v) is 16.4. The van der Waals surface area contributed by atoms with Crippen LogP contribution in [0.2, 0.25) is 0 Å². The van der Waals surface area contributed by atoms with Crippen molar-refractivity contribution in [2.45, 2.75) is 20.5 Å². The lowest BCUT2D eigenvalue weighted by Crippen LogP contribution is -2.21. The Bertz CT molecular complexity index is 1290. The van der Waals surface area contributed by atoms with Crippen molar-refractivity contribution in [1.82, 2.24) is 19.2 Å². The monoisotopic (exact) mass is 392 g/mol. The molecule has 148 valence electrons. The molecular weight excluding hydrogens is 372 g/mol. The van der Waals surface area contributed by atoms with Crippen LogP contribution in [-0.4, -0.2) is 31.7 Å². The number of ether oxygens (including phenoxy) is 2. The van der Waals surface area contributed by atoms with Crippen LogP contribution in [0.15, 0.2) is 47.3 Å². The van der Waals surface area contributed by atoms with Crippen LogP contribution in [0.5, 0.6) is 5.75 Å². The van der Waals surface area contributed by atoms with Crippen LogP contribution in [-0.2, 0) is 23.2 Å². The largest absolute Gasteiger partial charge is 0.482 e. The molecule has 0 amide bonds. The summed E-state index contributed by atoms with van der Waals surface area (Å²) in [6.45, 7) is 3.53. The average molecular weight is 392 g/mol. The number of benzene rings is 2. The minimum Gasteiger partial charge on any atom is -0.482 e. The van der Waals surface area contributed by atoms with E-state index >= 15 is 0 Å². The van der Waals surface area contributed by atoms with E-state index in [9.17, 15) is 9.59 Å². The van der Waals surface area contributed by atoms with E-state index in [1.807, 2.05) is 50.2 Å². The molecule has 0 aliphatic rings. The highest BCUT2D eigenvalue weighted by Gasteiger charge is 2.16. The number of carbonyl (C=O) groups excluding carboxylic acids is 1. The highest BCUT2D eigenvalue weighted by molar-refractivity contribution is 5.81. The van der Waals surface area contributed by atoms with Crippen molar-refractivity contribution in [3.63, 3.8) is 0 Å². The van der Waals surface area contributed by atoms with Crippen LogP contribution >= 0.6 is 0 Å². The van der Waals surface area contributed by atoms with Gasteiger partial charge in [0.2, 0.25) is 5.78 Å². The van der Waals surface area contributed by atoms with Crippen molar-refractivity contribution < 1.29 is 14.3 Å². The molecule has 29 heavy (non-hydrogen) atoms. The van der Waals surface area contributed by atoms with Crippen molar-refractivity contribution in [2.75, 3.05) is 6.61 Å². The quantitative estimate of drug-likeness (QED) is 0.485. The molecule has 0 fully saturated rings. The number of aryl methyl sites for hydroxylation is 3. The van der Waals surface area contributed by atoms with Crippen LogP contribution in [0.25, 0.3) is 16.7 Å². The molecule has 2 heterocycles. The van der Waals surface area contributed by atoms with Crippen molar-refractivity contribution >= 4 is 22.6 Å². The number of para-hydroxylation sites is 1. The first kappa shape index (κ1) is 18.7. The fraction of sp³-hybridized carbons (Fsp3) is 0.238. The zero-order valence-electron chi connectivity index (χ0n) is 16.4. The molecule has 0 N–H and O–H groups in total. The second-order valence-electron chi connectivity index (χ2n) is 6.85. The number of carbonyl (C=O) groups is 1. The Kier molecular flexibility index (Phi) is 4.75. The van der Waals surface area contributed by atoms with Crippen LogP contribution in [0.3, 0.4) is 0 Å². The van der Waals surface area contributed by atoms with Gasteiger partial charge in [-0.25, -0.2) is 4.79 Å². The summed E-state index contributed by atoms with van der Waals surface area (Å²) in [6.07, 6.45) is 0. The molecule has 0 atom stereocenters. The average Bonchev–Trinajstić information content (AvgIpc) is 3.14. The number of nitrogens with zero attached hydrogens (tertiary/aromatic N) is 4. The molecule has 0 unspecified atom stereocenters. The van der Waals surface area contributed by atoms with E-state index in [1.54, 1.807) is 17.5 Å². The van der Waals surface area contributed by atoms with Gasteiger partial charge in [0.25, 0.3) is 5.56 Å². The molecule has 8 nitrogen and oxygen atoms in total. The first-order valence-corrected chi connectivity index (χ1v) is 9.13. The topological polar surface area (TPSA) is 87.7 Å². The number of aromatic nitrogens is 4. The third kappa shape index (κ3) is 3.44. The normalized spacial score (nSPS) is 11.1. The second-order valence-corrected chi connectivity index (χ2v) is 6.85. The van der Waals surface area contributed by atoms with E-state index in [0.29, 0.717) is 28.3 Å². The van der Waals surface area contributed by atoms with Gasteiger partial charge >= 0.3 is 5.97 Å². The summed E-state index contributed by atoms with van der Waals surface area (Å²) in [5, 5.41) is 8.75. The van der Waals surface area contributed by atoms with Gasteiger partial charge in [-0.2, -0.15) is 0 Å². The van der Waals surface area contributed by atoms with Crippen LogP contribution in [0.4, 0.5) is 0 Å². The molecule has 4 rings (SSSR count). The molecule has 0 bridgehead atoms. The van der Waals surface area contributed by atoms with Crippen molar-refractivity contribution in [3.05, 3.63) is 69.8 Å². The minimum absolute atomic E-state index is 0.0850. The predicted molar refractivity (Wildman–Crippen MR) is 107 cm³/mol. The lowest BCUT2D eigenvalue weighted by molar-refractivity contribution is -0.147. The van der Waals surface area contributed by atoms with Gasteiger partial charge in [0.1, 0.15) is 5.75 Å². The van der Waals surface area contributed by atoms with Crippen molar-refractivity contribution in [3.8, 4) is 5.75 Å². The summed E-state index contributed by atoms with van der Waals surface area (Å²) >= 11 is 0. The summed E-state index contributed by atoms with van der Waals surface area (Å²) in [4.78, 5) is 24.7. The molecule has 2 aromatic heterocycles. The molecule has 0 saturated heterocycles. The Balaban J connectivity index is 1.57. The fourth-order valence-electron chi connectivity index (χ4n) is 3.19. The molecule has 0 spiro atoms. The van der Waals surface area contributed by atoms with Crippen LogP contribution in [0.1, 0.15) is 17.0 Å². The smallest absolute Gasteiger partial charge is 0.344 e. The highest BCUT2D eigenvalue weighted by atomic mass is 16.6. The van der Waals surface area contributed by atoms with Gasteiger partial charge in [-0.1, -0.05) is 29.8 Å². The zero-order chi connectivity index (χ0) is 20.5. The standard InChI is InChI=1S/C21H20N4O4/c1-13-8-9-16-15(10-13)20(27)24(3)21-23-22-18(25(16)21)11-29-19(26)12-28-17-7-5-4-6-14(17)2/h4-10H,11-12H2,1-3H3. The van der Waals surface area contributed by atoms with Crippen LogP contribution < -0.4 is 10.3 Å². The third-order valence-corrected chi connectivity index (χ3v) is 4.74. The van der Waals surface area contributed by atoms with Gasteiger partial charge in [0.05, 0.1) is 10.9 Å². The number of esters is 1. The molecule has 4 aromatic rings. The fourth-order valence-corrected chi connectivity index (χ4v) is 3.19. The molecule has 2 aromatic carbocycles. The lowest BCUT2D eigenvalue weighted by atomic mass is 10.1. The van der Waals surface area contributed by atoms with Gasteiger partial charge in [-0.05, 0) is 37.6 Å². The van der Waals surface area contributed by atoms with Crippen molar-refractivity contribution in [2.24, 2.45) is 7.05 Å². The Morgan fingerprint density at radius 3 is 2.69 bits per heavy atom. The van der Waals surface area contributed by atoms with E-state index in [2.05, 4.69) is 10.2 Å². The SMILES string of the molecule is Cc1ccc2c(c1)c(=O)n(C)c1nnc(COC(=O)COc3ccccc3C)n21. The summed E-state index contributed by atoms with van der Waals surface area (Å²) in [6, 6.07) is 13.0. The molecular formula is C21H20N4O4. The molecule has 8 heteroatoms. The maximum Gasteiger partial charge on any atom is 0.344 e. The Morgan fingerprint density at radius 2 is 1.90 bits per heavy atom. The van der Waals surface area contributed by atoms with Crippen LogP contribution in [0, 0.1) is 13.8 Å². The number of hydrogen-bond donors (Lipinski definition) is 0. The Hall–Kier alpha value is -3.68.